The Morgan fingerprint density at radius 1 is 1.25 bits per heavy atom. The van der Waals surface area contributed by atoms with Crippen LogP contribution in [0.3, 0.4) is 0 Å². The molecule has 28 heavy (non-hydrogen) atoms. The van der Waals surface area contributed by atoms with Crippen LogP contribution in [-0.2, 0) is 4.79 Å². The highest BCUT2D eigenvalue weighted by Gasteiger charge is 2.24. The topological polar surface area (TPSA) is 73.9 Å². The number of piperidine rings is 1. The fourth-order valence-electron chi connectivity index (χ4n) is 3.98. The van der Waals surface area contributed by atoms with Gasteiger partial charge in [-0.15, -0.1) is 0 Å². The van der Waals surface area contributed by atoms with Crippen LogP contribution in [0.15, 0.2) is 36.8 Å². The van der Waals surface area contributed by atoms with Crippen molar-refractivity contribution >= 4 is 28.3 Å². The molecule has 0 saturated carbocycles. The normalized spacial score (nSPS) is 17.1. The minimum absolute atomic E-state index is 0.263. The number of Topliss-reactive ketones (excluding diaryl/α,β-unsaturated/α-hetero) is 1. The van der Waals surface area contributed by atoms with Gasteiger partial charge in [-0.3, -0.25) is 4.79 Å². The van der Waals surface area contributed by atoms with E-state index in [2.05, 4.69) is 51.1 Å². The van der Waals surface area contributed by atoms with Gasteiger partial charge in [0.15, 0.2) is 5.78 Å². The Hall–Kier alpha value is -2.89. The molecule has 6 heteroatoms. The van der Waals surface area contributed by atoms with Crippen LogP contribution in [0.4, 0.5) is 11.5 Å². The summed E-state index contributed by atoms with van der Waals surface area (Å²) >= 11 is 0. The number of H-pyrrole nitrogens is 1. The number of fused-ring (bicyclic) bond motifs is 1. The van der Waals surface area contributed by atoms with Gasteiger partial charge in [-0.1, -0.05) is 6.07 Å². The number of aromatic amines is 1. The number of carbonyl (C=O) groups excluding carboxylic acids is 1. The zero-order valence-corrected chi connectivity index (χ0v) is 16.5. The van der Waals surface area contributed by atoms with Crippen molar-refractivity contribution in [2.24, 2.45) is 5.92 Å². The van der Waals surface area contributed by atoms with Crippen molar-refractivity contribution in [2.75, 3.05) is 29.9 Å². The summed E-state index contributed by atoms with van der Waals surface area (Å²) in [5.74, 6) is 1.60. The molecule has 1 atom stereocenters. The van der Waals surface area contributed by atoms with Gasteiger partial charge in [0.05, 0.1) is 11.9 Å². The number of rotatable bonds is 6. The van der Waals surface area contributed by atoms with Gasteiger partial charge in [0, 0.05) is 31.4 Å². The van der Waals surface area contributed by atoms with Crippen LogP contribution in [0.2, 0.25) is 0 Å². The van der Waals surface area contributed by atoms with Crippen LogP contribution in [0, 0.1) is 19.8 Å². The summed E-state index contributed by atoms with van der Waals surface area (Å²) in [6.45, 7) is 6.41. The number of hydrogen-bond donors (Lipinski definition) is 2. The van der Waals surface area contributed by atoms with E-state index in [9.17, 15) is 4.79 Å². The van der Waals surface area contributed by atoms with Gasteiger partial charge in [0.25, 0.3) is 0 Å². The summed E-state index contributed by atoms with van der Waals surface area (Å²) in [7, 11) is 0. The molecule has 0 aliphatic carbocycles. The van der Waals surface area contributed by atoms with Crippen LogP contribution in [0.25, 0.3) is 11.0 Å². The lowest BCUT2D eigenvalue weighted by atomic mass is 9.92. The molecule has 3 heterocycles. The van der Waals surface area contributed by atoms with Gasteiger partial charge in [0.1, 0.15) is 17.8 Å². The first-order valence-corrected chi connectivity index (χ1v) is 9.96. The highest BCUT2D eigenvalue weighted by molar-refractivity contribution is 5.87. The average Bonchev–Trinajstić information content (AvgIpc) is 3.18. The summed E-state index contributed by atoms with van der Waals surface area (Å²) < 4.78 is 0. The summed E-state index contributed by atoms with van der Waals surface area (Å²) in [5, 5.41) is 4.32. The third kappa shape index (κ3) is 4.01. The molecule has 1 aliphatic heterocycles. The first-order valence-electron chi connectivity index (χ1n) is 9.96. The van der Waals surface area contributed by atoms with E-state index in [0.29, 0.717) is 18.9 Å². The maximum Gasteiger partial charge on any atom is 0.152 e. The van der Waals surface area contributed by atoms with E-state index in [0.717, 1.165) is 48.5 Å². The van der Waals surface area contributed by atoms with E-state index in [4.69, 9.17) is 0 Å². The fraction of sp³-hybridized carbons (Fsp3) is 0.409. The fourth-order valence-corrected chi connectivity index (χ4v) is 3.98. The van der Waals surface area contributed by atoms with Crippen LogP contribution in [0.1, 0.15) is 30.4 Å². The Bertz CT molecular complexity index is 980. The Labute approximate surface area is 165 Å². The maximum absolute atomic E-state index is 12.5. The number of aromatic nitrogens is 3. The maximum atomic E-state index is 12.5. The molecular formula is C22H27N5O. The number of hydrogen-bond acceptors (Lipinski definition) is 5. The van der Waals surface area contributed by atoms with Crippen molar-refractivity contribution in [3.05, 3.63) is 47.9 Å². The number of carbonyl (C=O) groups is 1. The Morgan fingerprint density at radius 2 is 2.14 bits per heavy atom. The zero-order valence-electron chi connectivity index (χ0n) is 16.5. The van der Waals surface area contributed by atoms with E-state index >= 15 is 0 Å². The second-order valence-corrected chi connectivity index (χ2v) is 7.79. The standard InChI is InChI=1S/C22H27N5O/c1-15-5-6-18(10-16(15)2)24-12-19(28)11-17-4-3-9-27(13-17)22-20-7-8-23-21(20)25-14-26-22/h5-8,10,14,17,24H,3-4,9,11-13H2,1-2H3,(H,23,25,26)/t17-/m0/s1. The number of nitrogens with zero attached hydrogens (tertiary/aromatic N) is 3. The van der Waals surface area contributed by atoms with Crippen molar-refractivity contribution in [1.82, 2.24) is 15.0 Å². The van der Waals surface area contributed by atoms with Gasteiger partial charge < -0.3 is 15.2 Å². The van der Waals surface area contributed by atoms with Gasteiger partial charge in [0.2, 0.25) is 0 Å². The van der Waals surface area contributed by atoms with E-state index < -0.39 is 0 Å². The summed E-state index contributed by atoms with van der Waals surface area (Å²) in [4.78, 5) is 26.8. The first-order chi connectivity index (χ1) is 13.6. The lowest BCUT2D eigenvalue weighted by Crippen LogP contribution is -2.37. The third-order valence-corrected chi connectivity index (χ3v) is 5.66. The average molecular weight is 377 g/mol. The smallest absolute Gasteiger partial charge is 0.152 e. The molecule has 1 saturated heterocycles. The Kier molecular flexibility index (Phi) is 5.28. The number of nitrogens with one attached hydrogen (secondary N) is 2. The third-order valence-electron chi connectivity index (χ3n) is 5.66. The highest BCUT2D eigenvalue weighted by atomic mass is 16.1. The molecule has 0 amide bonds. The van der Waals surface area contributed by atoms with Crippen molar-refractivity contribution in [3.63, 3.8) is 0 Å². The molecule has 1 aromatic carbocycles. The van der Waals surface area contributed by atoms with Gasteiger partial charge in [-0.05, 0) is 61.9 Å². The molecule has 146 valence electrons. The Morgan fingerprint density at radius 3 is 3.00 bits per heavy atom. The minimum atomic E-state index is 0.263. The Balaban J connectivity index is 1.35. The predicted molar refractivity (Wildman–Crippen MR) is 113 cm³/mol. The molecule has 3 aromatic rings. The van der Waals surface area contributed by atoms with E-state index in [1.54, 1.807) is 6.33 Å². The number of benzene rings is 1. The molecule has 2 N–H and O–H groups in total. The van der Waals surface area contributed by atoms with Crippen LogP contribution >= 0.6 is 0 Å². The molecule has 0 unspecified atom stereocenters. The summed E-state index contributed by atoms with van der Waals surface area (Å²) in [5.41, 5.74) is 4.38. The van der Waals surface area contributed by atoms with Crippen molar-refractivity contribution in [3.8, 4) is 0 Å². The first kappa shape index (κ1) is 18.5. The lowest BCUT2D eigenvalue weighted by Gasteiger charge is -2.33. The molecule has 1 aliphatic rings. The van der Waals surface area contributed by atoms with Crippen LogP contribution in [0.5, 0.6) is 0 Å². The molecule has 1 fully saturated rings. The van der Waals surface area contributed by atoms with E-state index in [-0.39, 0.29) is 5.78 Å². The van der Waals surface area contributed by atoms with Crippen LogP contribution < -0.4 is 10.2 Å². The molecule has 0 spiro atoms. The van der Waals surface area contributed by atoms with Crippen LogP contribution in [-0.4, -0.2) is 40.4 Å². The van der Waals surface area contributed by atoms with Gasteiger partial charge in [-0.25, -0.2) is 9.97 Å². The van der Waals surface area contributed by atoms with Gasteiger partial charge >= 0.3 is 0 Å². The quantitative estimate of drug-likeness (QED) is 0.682. The molecule has 4 rings (SSSR count). The predicted octanol–water partition coefficient (Wildman–Crippen LogP) is 3.86. The SMILES string of the molecule is Cc1ccc(NCC(=O)C[C@@H]2CCCN(c3ncnc4[nH]ccc34)C2)cc1C. The number of anilines is 2. The summed E-state index contributed by atoms with van der Waals surface area (Å²) in [6.07, 6.45) is 6.28. The highest BCUT2D eigenvalue weighted by Crippen LogP contribution is 2.28. The zero-order chi connectivity index (χ0) is 19.5. The van der Waals surface area contributed by atoms with E-state index in [1.165, 1.54) is 11.1 Å². The molecule has 0 bridgehead atoms. The molecule has 0 radical (unpaired) electrons. The molecular weight excluding hydrogens is 350 g/mol. The number of aryl methyl sites for hydroxylation is 2. The summed E-state index contributed by atoms with van der Waals surface area (Å²) in [6, 6.07) is 8.24. The van der Waals surface area contributed by atoms with Crippen molar-refractivity contribution in [2.45, 2.75) is 33.1 Å². The molecule has 6 nitrogen and oxygen atoms in total. The second-order valence-electron chi connectivity index (χ2n) is 7.79. The second kappa shape index (κ2) is 8.00. The van der Waals surface area contributed by atoms with Crippen molar-refractivity contribution < 1.29 is 4.79 Å². The van der Waals surface area contributed by atoms with Gasteiger partial charge in [-0.2, -0.15) is 0 Å². The van der Waals surface area contributed by atoms with E-state index in [1.807, 2.05) is 18.3 Å². The monoisotopic (exact) mass is 377 g/mol. The molecule has 2 aromatic heterocycles. The lowest BCUT2D eigenvalue weighted by molar-refractivity contribution is -0.118. The number of ketones is 1. The minimum Gasteiger partial charge on any atom is -0.378 e. The largest absolute Gasteiger partial charge is 0.378 e. The van der Waals surface area contributed by atoms with Crippen molar-refractivity contribution in [1.29, 1.82) is 0 Å².